The molecule has 0 amide bonds. The molecule has 0 saturated carbocycles. The highest BCUT2D eigenvalue weighted by Crippen LogP contribution is 2.35. The maximum atomic E-state index is 4.30. The molecular formula is C18H26N4. The van der Waals surface area contributed by atoms with Gasteiger partial charge in [-0.25, -0.2) is 0 Å². The lowest BCUT2D eigenvalue weighted by atomic mass is 9.90. The van der Waals surface area contributed by atoms with Crippen LogP contribution in [-0.4, -0.2) is 35.1 Å². The van der Waals surface area contributed by atoms with Gasteiger partial charge >= 0.3 is 0 Å². The molecular weight excluding hydrogens is 272 g/mol. The number of hydrazone groups is 1. The smallest absolute Gasteiger partial charge is 0.101 e. The summed E-state index contributed by atoms with van der Waals surface area (Å²) in [6.45, 7) is 20.0. The molecule has 2 heterocycles. The fourth-order valence-electron chi connectivity index (χ4n) is 2.87. The van der Waals surface area contributed by atoms with E-state index < -0.39 is 0 Å². The minimum Gasteiger partial charge on any atom is -0.353 e. The Morgan fingerprint density at radius 3 is 2.64 bits per heavy atom. The zero-order valence-electron chi connectivity index (χ0n) is 14.1. The number of rotatable bonds is 1. The molecule has 0 aliphatic carbocycles. The Hall–Kier alpha value is -2.23. The Morgan fingerprint density at radius 2 is 2.05 bits per heavy atom. The average Bonchev–Trinajstić information content (AvgIpc) is 2.52. The van der Waals surface area contributed by atoms with Crippen molar-refractivity contribution >= 4 is 6.21 Å². The molecule has 0 saturated heterocycles. The van der Waals surface area contributed by atoms with E-state index in [1.165, 1.54) is 0 Å². The highest BCUT2D eigenvalue weighted by atomic mass is 15.4. The lowest BCUT2D eigenvalue weighted by Gasteiger charge is -2.41. The first-order chi connectivity index (χ1) is 10.3. The summed E-state index contributed by atoms with van der Waals surface area (Å²) < 4.78 is 0. The van der Waals surface area contributed by atoms with Crippen LogP contribution in [-0.2, 0) is 0 Å². The highest BCUT2D eigenvalue weighted by molar-refractivity contribution is 5.82. The molecule has 0 radical (unpaired) electrons. The molecule has 0 spiro atoms. The maximum Gasteiger partial charge on any atom is 0.101 e. The second kappa shape index (κ2) is 5.87. The zero-order valence-corrected chi connectivity index (χ0v) is 14.1. The van der Waals surface area contributed by atoms with Crippen molar-refractivity contribution in [1.82, 2.24) is 15.2 Å². The van der Waals surface area contributed by atoms with E-state index in [1.54, 1.807) is 6.20 Å². The van der Waals surface area contributed by atoms with Crippen LogP contribution in [0.15, 0.2) is 65.9 Å². The molecule has 2 rings (SSSR count). The standard InChI is InChI=1S/C18H26N4/c1-8-15-12-22(18(4,5)6)14(3)21(7)16-11-20-19-10-9-13(2)17(15)16/h8-11,15,19H,1-3,12H2,4-7H3/b10-9-,20-11-. The van der Waals surface area contributed by atoms with Crippen LogP contribution < -0.4 is 5.43 Å². The van der Waals surface area contributed by atoms with E-state index in [9.17, 15) is 0 Å². The Morgan fingerprint density at radius 1 is 1.36 bits per heavy atom. The second-order valence-corrected chi connectivity index (χ2v) is 6.64. The van der Waals surface area contributed by atoms with Gasteiger partial charge in [-0.1, -0.05) is 19.2 Å². The van der Waals surface area contributed by atoms with Crippen LogP contribution in [0.2, 0.25) is 0 Å². The van der Waals surface area contributed by atoms with Gasteiger partial charge in [0.2, 0.25) is 0 Å². The fraction of sp³-hybridized carbons (Fsp3) is 0.389. The summed E-state index contributed by atoms with van der Waals surface area (Å²) >= 11 is 0. The van der Waals surface area contributed by atoms with Gasteiger partial charge in [-0.3, -0.25) is 5.43 Å². The van der Waals surface area contributed by atoms with Gasteiger partial charge in [0, 0.05) is 31.2 Å². The molecule has 1 atom stereocenters. The van der Waals surface area contributed by atoms with Crippen molar-refractivity contribution in [2.75, 3.05) is 13.6 Å². The van der Waals surface area contributed by atoms with Gasteiger partial charge in [-0.05, 0) is 38.0 Å². The van der Waals surface area contributed by atoms with Crippen molar-refractivity contribution in [2.45, 2.75) is 26.3 Å². The predicted octanol–water partition coefficient (Wildman–Crippen LogP) is 3.22. The second-order valence-electron chi connectivity index (χ2n) is 6.64. The van der Waals surface area contributed by atoms with Crippen molar-refractivity contribution in [3.63, 3.8) is 0 Å². The van der Waals surface area contributed by atoms with Gasteiger partial charge in [-0.15, -0.1) is 6.58 Å². The van der Waals surface area contributed by atoms with Crippen molar-refractivity contribution in [3.8, 4) is 0 Å². The Labute approximate surface area is 133 Å². The molecule has 0 aromatic rings. The van der Waals surface area contributed by atoms with E-state index in [-0.39, 0.29) is 11.5 Å². The van der Waals surface area contributed by atoms with Crippen LogP contribution in [0.5, 0.6) is 0 Å². The molecule has 0 bridgehead atoms. The summed E-state index contributed by atoms with van der Waals surface area (Å²) in [5.41, 5.74) is 5.97. The lowest BCUT2D eigenvalue weighted by Crippen LogP contribution is -2.45. The SMILES string of the molecule is C=CC1CN(C(C)(C)C)C(=C)N(C)C2=C1C(=C)/C=C\N/N=C\2. The van der Waals surface area contributed by atoms with E-state index >= 15 is 0 Å². The fourth-order valence-corrected chi connectivity index (χ4v) is 2.87. The molecule has 22 heavy (non-hydrogen) atoms. The number of nitrogens with one attached hydrogen (secondary N) is 1. The summed E-state index contributed by atoms with van der Waals surface area (Å²) in [5.74, 6) is 1.12. The van der Waals surface area contributed by atoms with Crippen LogP contribution in [0.4, 0.5) is 0 Å². The summed E-state index contributed by atoms with van der Waals surface area (Å²) in [5, 5.41) is 4.24. The van der Waals surface area contributed by atoms with E-state index in [1.807, 2.05) is 25.4 Å². The highest BCUT2D eigenvalue weighted by Gasteiger charge is 2.33. The molecule has 0 aromatic carbocycles. The van der Waals surface area contributed by atoms with Crippen molar-refractivity contribution < 1.29 is 0 Å². The zero-order chi connectivity index (χ0) is 16.5. The molecule has 118 valence electrons. The van der Waals surface area contributed by atoms with Crippen molar-refractivity contribution in [2.24, 2.45) is 11.0 Å². The molecule has 1 N–H and O–H groups in total. The summed E-state index contributed by atoms with van der Waals surface area (Å²) in [4.78, 5) is 4.39. The number of nitrogens with zero attached hydrogens (tertiary/aromatic N) is 3. The quantitative estimate of drug-likeness (QED) is 0.754. The minimum atomic E-state index is -0.0279. The third-order valence-electron chi connectivity index (χ3n) is 4.15. The minimum absolute atomic E-state index is 0.0279. The number of hydrogen-bond donors (Lipinski definition) is 1. The molecule has 2 aliphatic heterocycles. The van der Waals surface area contributed by atoms with Gasteiger partial charge < -0.3 is 9.80 Å². The molecule has 4 heteroatoms. The molecule has 0 aromatic heterocycles. The first kappa shape index (κ1) is 16.1. The summed E-state index contributed by atoms with van der Waals surface area (Å²) in [7, 11) is 2.02. The first-order valence-electron chi connectivity index (χ1n) is 7.48. The molecule has 4 nitrogen and oxygen atoms in total. The van der Waals surface area contributed by atoms with Crippen LogP contribution in [0.3, 0.4) is 0 Å². The predicted molar refractivity (Wildman–Crippen MR) is 94.0 cm³/mol. The first-order valence-corrected chi connectivity index (χ1v) is 7.48. The van der Waals surface area contributed by atoms with Crippen LogP contribution >= 0.6 is 0 Å². The maximum absolute atomic E-state index is 4.30. The van der Waals surface area contributed by atoms with E-state index in [2.05, 4.69) is 60.8 Å². The molecule has 1 unspecified atom stereocenters. The van der Waals surface area contributed by atoms with E-state index in [4.69, 9.17) is 0 Å². The van der Waals surface area contributed by atoms with Crippen molar-refractivity contribution in [1.29, 1.82) is 0 Å². The summed E-state index contributed by atoms with van der Waals surface area (Å²) in [6, 6.07) is 0. The van der Waals surface area contributed by atoms with E-state index in [0.29, 0.717) is 0 Å². The van der Waals surface area contributed by atoms with Gasteiger partial charge in [-0.2, -0.15) is 5.10 Å². The average molecular weight is 298 g/mol. The number of hydrogen-bond acceptors (Lipinski definition) is 4. The Kier molecular flexibility index (Phi) is 4.31. The van der Waals surface area contributed by atoms with Gasteiger partial charge in [0.25, 0.3) is 0 Å². The summed E-state index contributed by atoms with van der Waals surface area (Å²) in [6.07, 6.45) is 7.57. The monoisotopic (exact) mass is 298 g/mol. The van der Waals surface area contributed by atoms with Crippen LogP contribution in [0, 0.1) is 5.92 Å². The Bertz CT molecular complexity index is 587. The van der Waals surface area contributed by atoms with Gasteiger partial charge in [0.15, 0.2) is 0 Å². The normalized spacial score (nSPS) is 25.7. The third kappa shape index (κ3) is 2.86. The van der Waals surface area contributed by atoms with Crippen molar-refractivity contribution in [3.05, 3.63) is 60.8 Å². The largest absolute Gasteiger partial charge is 0.353 e. The third-order valence-corrected chi connectivity index (χ3v) is 4.15. The van der Waals surface area contributed by atoms with Crippen LogP contribution in [0.1, 0.15) is 20.8 Å². The van der Waals surface area contributed by atoms with Crippen LogP contribution in [0.25, 0.3) is 0 Å². The number of allylic oxidation sites excluding steroid dienone is 3. The molecule has 0 fully saturated rings. The van der Waals surface area contributed by atoms with Gasteiger partial charge in [0.1, 0.15) is 5.82 Å². The van der Waals surface area contributed by atoms with E-state index in [0.717, 1.165) is 29.2 Å². The topological polar surface area (TPSA) is 30.9 Å². The Balaban J connectivity index is 2.61. The molecule has 2 aliphatic rings. The van der Waals surface area contributed by atoms with Gasteiger partial charge in [0.05, 0.1) is 11.9 Å². The lowest BCUT2D eigenvalue weighted by molar-refractivity contribution is 0.145.